The first-order valence-electron chi connectivity index (χ1n) is 15.0. The van der Waals surface area contributed by atoms with E-state index in [4.69, 9.17) is 4.74 Å². The number of likely N-dealkylation sites (tertiary alicyclic amines) is 1. The minimum absolute atomic E-state index is 0.0337. The van der Waals surface area contributed by atoms with Crippen LogP contribution in [-0.4, -0.2) is 29.4 Å². The Hall–Kier alpha value is -4.58. The van der Waals surface area contributed by atoms with E-state index in [1.165, 1.54) is 19.3 Å². The van der Waals surface area contributed by atoms with Crippen LogP contribution in [0.1, 0.15) is 66.1 Å². The number of fused-ring (bicyclic) bond motifs is 1. The number of para-hydroxylation sites is 1. The van der Waals surface area contributed by atoms with Gasteiger partial charge in [-0.25, -0.2) is 4.79 Å². The molecule has 6 rings (SSSR count). The van der Waals surface area contributed by atoms with Gasteiger partial charge >= 0.3 is 6.03 Å². The third-order valence-corrected chi connectivity index (χ3v) is 8.45. The second-order valence-electron chi connectivity index (χ2n) is 11.2. The zero-order valence-electron chi connectivity index (χ0n) is 23.7. The third kappa shape index (κ3) is 6.33. The van der Waals surface area contributed by atoms with Gasteiger partial charge in [0.1, 0.15) is 11.9 Å². The summed E-state index contributed by atoms with van der Waals surface area (Å²) in [5, 5.41) is 5.77. The molecule has 2 aliphatic rings. The van der Waals surface area contributed by atoms with E-state index in [2.05, 4.69) is 15.5 Å². The van der Waals surface area contributed by atoms with Gasteiger partial charge in [-0.1, -0.05) is 91.7 Å². The van der Waals surface area contributed by atoms with Crippen LogP contribution in [0.2, 0.25) is 0 Å². The van der Waals surface area contributed by atoms with E-state index in [0.29, 0.717) is 28.6 Å². The number of piperidine rings is 1. The van der Waals surface area contributed by atoms with Crippen molar-refractivity contribution >= 4 is 23.3 Å². The molecule has 2 N–H and O–H groups in total. The van der Waals surface area contributed by atoms with E-state index < -0.39 is 6.10 Å². The molecule has 4 aromatic rings. The fourth-order valence-electron chi connectivity index (χ4n) is 6.44. The van der Waals surface area contributed by atoms with Crippen LogP contribution in [0.15, 0.2) is 109 Å². The molecule has 3 amide bonds. The standard InChI is InChI=1S/C36H37N3O3/c40-35(39-24-12-18-26-13-10-11-21-32(26)39)31-25-30(38-36(41)37-29-19-8-3-9-20-29)22-23-33(31)42-34(27-14-4-1-5-15-27)28-16-6-2-7-17-28/h1-9,14-17,19-20,22-23,25-26,32,34H,10-13,18,21,24H2,(H2,37,38,41). The summed E-state index contributed by atoms with van der Waals surface area (Å²) in [6.07, 6.45) is 6.41. The summed E-state index contributed by atoms with van der Waals surface area (Å²) in [7, 11) is 0. The molecule has 2 unspecified atom stereocenters. The quantitative estimate of drug-likeness (QED) is 0.239. The lowest BCUT2D eigenvalue weighted by Gasteiger charge is -2.44. The van der Waals surface area contributed by atoms with E-state index in [1.54, 1.807) is 12.1 Å². The van der Waals surface area contributed by atoms with E-state index in [1.807, 2.05) is 97.1 Å². The highest BCUT2D eigenvalue weighted by Crippen LogP contribution is 2.38. The van der Waals surface area contributed by atoms with Crippen molar-refractivity contribution in [1.82, 2.24) is 4.90 Å². The number of rotatable bonds is 7. The number of hydrogen-bond donors (Lipinski definition) is 2. The van der Waals surface area contributed by atoms with Crippen LogP contribution in [0.3, 0.4) is 0 Å². The van der Waals surface area contributed by atoms with E-state index >= 15 is 0 Å². The summed E-state index contributed by atoms with van der Waals surface area (Å²) < 4.78 is 6.75. The molecule has 6 nitrogen and oxygen atoms in total. The summed E-state index contributed by atoms with van der Waals surface area (Å²) in [4.78, 5) is 29.3. The topological polar surface area (TPSA) is 70.7 Å². The monoisotopic (exact) mass is 559 g/mol. The summed E-state index contributed by atoms with van der Waals surface area (Å²) in [6, 6.07) is 34.7. The lowest BCUT2D eigenvalue weighted by molar-refractivity contribution is 0.0386. The van der Waals surface area contributed by atoms with Crippen LogP contribution in [0, 0.1) is 5.92 Å². The Labute approximate surface area is 247 Å². The molecule has 214 valence electrons. The van der Waals surface area contributed by atoms with Crippen LogP contribution >= 0.6 is 0 Å². The SMILES string of the molecule is O=C(Nc1ccccc1)Nc1ccc(OC(c2ccccc2)c2ccccc2)c(C(=O)N2CCCC3CCCCC32)c1. The highest BCUT2D eigenvalue weighted by atomic mass is 16.5. The third-order valence-electron chi connectivity index (χ3n) is 8.45. The van der Waals surface area contributed by atoms with Gasteiger partial charge in [-0.3, -0.25) is 4.79 Å². The molecule has 2 fully saturated rings. The van der Waals surface area contributed by atoms with Crippen molar-refractivity contribution in [2.24, 2.45) is 5.92 Å². The Morgan fingerprint density at radius 1 is 0.690 bits per heavy atom. The summed E-state index contributed by atoms with van der Waals surface area (Å²) in [6.45, 7) is 0.742. The van der Waals surface area contributed by atoms with E-state index in [0.717, 1.165) is 36.9 Å². The number of carbonyl (C=O) groups excluding carboxylic acids is 2. The molecule has 1 aliphatic heterocycles. The summed E-state index contributed by atoms with van der Waals surface area (Å²) >= 11 is 0. The van der Waals surface area contributed by atoms with Crippen LogP contribution in [0.5, 0.6) is 5.75 Å². The maximum Gasteiger partial charge on any atom is 0.323 e. The van der Waals surface area contributed by atoms with Crippen molar-refractivity contribution < 1.29 is 14.3 Å². The molecule has 42 heavy (non-hydrogen) atoms. The number of amides is 3. The van der Waals surface area contributed by atoms with Gasteiger partial charge in [-0.2, -0.15) is 0 Å². The largest absolute Gasteiger partial charge is 0.480 e. The normalized spacial score (nSPS) is 18.2. The fourth-order valence-corrected chi connectivity index (χ4v) is 6.44. The second kappa shape index (κ2) is 12.9. The molecular weight excluding hydrogens is 522 g/mol. The molecule has 1 heterocycles. The first kappa shape index (κ1) is 27.6. The van der Waals surface area contributed by atoms with Crippen LogP contribution in [-0.2, 0) is 0 Å². The number of hydrogen-bond acceptors (Lipinski definition) is 3. The van der Waals surface area contributed by atoms with Gasteiger partial charge < -0.3 is 20.3 Å². The lowest BCUT2D eigenvalue weighted by Crippen LogP contribution is -2.49. The Morgan fingerprint density at radius 3 is 1.98 bits per heavy atom. The average molecular weight is 560 g/mol. The minimum atomic E-state index is -0.400. The van der Waals surface area contributed by atoms with Crippen molar-refractivity contribution in [3.05, 3.63) is 126 Å². The van der Waals surface area contributed by atoms with Crippen molar-refractivity contribution in [2.45, 2.75) is 50.7 Å². The first-order valence-corrected chi connectivity index (χ1v) is 15.0. The lowest BCUT2D eigenvalue weighted by atomic mass is 9.78. The molecule has 4 aromatic carbocycles. The van der Waals surface area contributed by atoms with Crippen LogP contribution in [0.4, 0.5) is 16.2 Å². The van der Waals surface area contributed by atoms with Gasteiger partial charge in [-0.15, -0.1) is 0 Å². The maximum absolute atomic E-state index is 14.4. The van der Waals surface area contributed by atoms with Crippen molar-refractivity contribution in [1.29, 1.82) is 0 Å². The number of nitrogens with zero attached hydrogens (tertiary/aromatic N) is 1. The van der Waals surface area contributed by atoms with E-state index in [-0.39, 0.29) is 18.0 Å². The number of anilines is 2. The molecule has 6 heteroatoms. The van der Waals surface area contributed by atoms with Gasteiger partial charge in [0.05, 0.1) is 5.56 Å². The highest BCUT2D eigenvalue weighted by molar-refractivity contribution is 6.02. The van der Waals surface area contributed by atoms with Crippen molar-refractivity contribution in [2.75, 3.05) is 17.2 Å². The summed E-state index contributed by atoms with van der Waals surface area (Å²) in [5.74, 6) is 1.03. The Balaban J connectivity index is 1.34. The van der Waals surface area contributed by atoms with Gasteiger partial charge in [0.2, 0.25) is 0 Å². The van der Waals surface area contributed by atoms with Crippen LogP contribution < -0.4 is 15.4 Å². The maximum atomic E-state index is 14.4. The fraction of sp³-hybridized carbons (Fsp3) is 0.278. The summed E-state index contributed by atoms with van der Waals surface area (Å²) in [5.41, 5.74) is 3.69. The predicted molar refractivity (Wildman–Crippen MR) is 167 cm³/mol. The zero-order chi connectivity index (χ0) is 28.7. The smallest absolute Gasteiger partial charge is 0.323 e. The van der Waals surface area contributed by atoms with Crippen molar-refractivity contribution in [3.63, 3.8) is 0 Å². The Bertz CT molecular complexity index is 1450. The second-order valence-corrected chi connectivity index (χ2v) is 11.2. The van der Waals surface area contributed by atoms with Gasteiger partial charge in [0.25, 0.3) is 5.91 Å². The Morgan fingerprint density at radius 2 is 1.29 bits per heavy atom. The van der Waals surface area contributed by atoms with Gasteiger partial charge in [0, 0.05) is 24.0 Å². The Kier molecular flexibility index (Phi) is 8.50. The predicted octanol–water partition coefficient (Wildman–Crippen LogP) is 8.29. The van der Waals surface area contributed by atoms with Gasteiger partial charge in [-0.05, 0) is 73.1 Å². The first-order chi connectivity index (χ1) is 20.7. The van der Waals surface area contributed by atoms with Crippen LogP contribution in [0.25, 0.3) is 0 Å². The molecule has 0 spiro atoms. The average Bonchev–Trinajstić information content (AvgIpc) is 3.04. The van der Waals surface area contributed by atoms with Gasteiger partial charge in [0.15, 0.2) is 0 Å². The molecule has 1 aliphatic carbocycles. The minimum Gasteiger partial charge on any atom is -0.480 e. The molecule has 0 aromatic heterocycles. The number of ether oxygens (including phenoxy) is 1. The van der Waals surface area contributed by atoms with E-state index in [9.17, 15) is 9.59 Å². The zero-order valence-corrected chi connectivity index (χ0v) is 23.7. The highest BCUT2D eigenvalue weighted by Gasteiger charge is 2.37. The molecule has 1 saturated heterocycles. The number of benzene rings is 4. The number of urea groups is 1. The molecule has 2 atom stereocenters. The molecule has 1 saturated carbocycles. The number of carbonyl (C=O) groups is 2. The molecule has 0 radical (unpaired) electrons. The van der Waals surface area contributed by atoms with Crippen molar-refractivity contribution in [3.8, 4) is 5.75 Å². The molecule has 0 bridgehead atoms. The molecular formula is C36H37N3O3. The number of nitrogens with one attached hydrogen (secondary N) is 2.